The van der Waals surface area contributed by atoms with E-state index in [2.05, 4.69) is 13.2 Å². The Hall–Kier alpha value is -5.83. The predicted molar refractivity (Wildman–Crippen MR) is 177 cm³/mol. The van der Waals surface area contributed by atoms with Crippen molar-refractivity contribution < 1.29 is 42.5 Å². The van der Waals surface area contributed by atoms with Crippen LogP contribution in [-0.4, -0.2) is 30.0 Å². The van der Waals surface area contributed by atoms with E-state index in [9.17, 15) is 23.6 Å². The molecule has 48 heavy (non-hydrogen) atoms. The second kappa shape index (κ2) is 15.6. The minimum absolute atomic E-state index is 0.0429. The molecular formula is C39H33FO8. The molecule has 0 N–H and O–H groups in total. The first-order valence-electron chi connectivity index (χ1n) is 15.4. The molecule has 4 aromatic rings. The summed E-state index contributed by atoms with van der Waals surface area (Å²) in [6.45, 7) is 6.58. The SMILES string of the molecule is C=C(F)C(=O)Oc1ccc(C(=O)Oc2ccc(-c3ccc(-c4ccc(OC(=O)C(=C)CC(=O)OC5CCCCC5)cc4)cc3)cc2)cc1. The van der Waals surface area contributed by atoms with Crippen LogP contribution in [0.5, 0.6) is 17.2 Å². The minimum atomic E-state index is -1.22. The lowest BCUT2D eigenvalue weighted by atomic mass is 9.98. The molecule has 1 saturated carbocycles. The fourth-order valence-corrected chi connectivity index (χ4v) is 5.11. The molecule has 9 heteroatoms. The second-order valence-corrected chi connectivity index (χ2v) is 11.3. The Morgan fingerprint density at radius 1 is 0.583 bits per heavy atom. The minimum Gasteiger partial charge on any atom is -0.462 e. The summed E-state index contributed by atoms with van der Waals surface area (Å²) in [5.74, 6) is -3.43. The van der Waals surface area contributed by atoms with E-state index in [-0.39, 0.29) is 29.4 Å². The standard InChI is InChI=1S/C39H33FO8/c1-25(24-36(41)45-32-6-4-3-5-7-32)37(42)46-33-18-12-29(13-19-33)27-8-10-28(11-9-27)30-14-20-35(21-15-30)48-39(44)31-16-22-34(23-17-31)47-38(43)26(2)40/h8-23,32H,1-7,24H2. The van der Waals surface area contributed by atoms with Crippen molar-refractivity contribution in [2.24, 2.45) is 0 Å². The summed E-state index contributed by atoms with van der Waals surface area (Å²) in [7, 11) is 0. The third-order valence-electron chi connectivity index (χ3n) is 7.70. The van der Waals surface area contributed by atoms with Gasteiger partial charge < -0.3 is 18.9 Å². The number of carbonyl (C=O) groups is 4. The van der Waals surface area contributed by atoms with Crippen molar-refractivity contribution in [3.8, 4) is 39.5 Å². The Labute approximate surface area is 277 Å². The van der Waals surface area contributed by atoms with Gasteiger partial charge in [0.25, 0.3) is 0 Å². The van der Waals surface area contributed by atoms with Gasteiger partial charge >= 0.3 is 23.9 Å². The van der Waals surface area contributed by atoms with Gasteiger partial charge in [-0.2, -0.15) is 4.39 Å². The molecule has 0 amide bonds. The van der Waals surface area contributed by atoms with Crippen molar-refractivity contribution >= 4 is 23.9 Å². The molecule has 0 saturated heterocycles. The van der Waals surface area contributed by atoms with Crippen molar-refractivity contribution in [2.75, 3.05) is 0 Å². The van der Waals surface area contributed by atoms with Gasteiger partial charge in [-0.15, -0.1) is 0 Å². The van der Waals surface area contributed by atoms with Gasteiger partial charge in [0.1, 0.15) is 23.4 Å². The highest BCUT2D eigenvalue weighted by Crippen LogP contribution is 2.28. The zero-order valence-electron chi connectivity index (χ0n) is 26.1. The average Bonchev–Trinajstić information content (AvgIpc) is 3.09. The molecule has 8 nitrogen and oxygen atoms in total. The molecule has 0 aliphatic heterocycles. The first-order valence-corrected chi connectivity index (χ1v) is 15.4. The summed E-state index contributed by atoms with van der Waals surface area (Å²) in [6.07, 6.45) is 4.67. The zero-order chi connectivity index (χ0) is 34.0. The number of carbonyl (C=O) groups excluding carboxylic acids is 4. The van der Waals surface area contributed by atoms with Gasteiger partial charge in [-0.3, -0.25) is 4.79 Å². The van der Waals surface area contributed by atoms with Crippen molar-refractivity contribution in [1.82, 2.24) is 0 Å². The van der Waals surface area contributed by atoms with E-state index >= 15 is 0 Å². The third-order valence-corrected chi connectivity index (χ3v) is 7.70. The van der Waals surface area contributed by atoms with Crippen LogP contribution in [0.15, 0.2) is 122 Å². The van der Waals surface area contributed by atoms with E-state index in [0.717, 1.165) is 54.4 Å². The van der Waals surface area contributed by atoms with E-state index in [4.69, 9.17) is 18.9 Å². The normalized spacial score (nSPS) is 12.8. The zero-order valence-corrected chi connectivity index (χ0v) is 26.1. The number of hydrogen-bond acceptors (Lipinski definition) is 8. The second-order valence-electron chi connectivity index (χ2n) is 11.3. The Morgan fingerprint density at radius 2 is 1.00 bits per heavy atom. The van der Waals surface area contributed by atoms with Crippen LogP contribution in [0.1, 0.15) is 48.9 Å². The predicted octanol–water partition coefficient (Wildman–Crippen LogP) is 8.36. The molecule has 0 bridgehead atoms. The smallest absolute Gasteiger partial charge is 0.371 e. The van der Waals surface area contributed by atoms with E-state index in [1.807, 2.05) is 48.5 Å². The fraction of sp³-hybridized carbons (Fsp3) is 0.179. The largest absolute Gasteiger partial charge is 0.462 e. The lowest BCUT2D eigenvalue weighted by Crippen LogP contribution is -2.22. The van der Waals surface area contributed by atoms with Crippen molar-refractivity contribution in [2.45, 2.75) is 44.6 Å². The van der Waals surface area contributed by atoms with E-state index in [1.165, 1.54) is 24.3 Å². The van der Waals surface area contributed by atoms with Gasteiger partial charge in [0, 0.05) is 5.57 Å². The summed E-state index contributed by atoms with van der Waals surface area (Å²) < 4.78 is 33.9. The molecule has 1 fully saturated rings. The lowest BCUT2D eigenvalue weighted by Gasteiger charge is -2.21. The maximum atomic E-state index is 12.8. The van der Waals surface area contributed by atoms with Gasteiger partial charge in [0.15, 0.2) is 0 Å². The molecule has 0 radical (unpaired) electrons. The highest BCUT2D eigenvalue weighted by molar-refractivity contribution is 5.94. The first kappa shape index (κ1) is 33.5. The number of benzene rings is 4. The number of halogens is 1. The van der Waals surface area contributed by atoms with Gasteiger partial charge in [0.2, 0.25) is 5.83 Å². The number of rotatable bonds is 11. The van der Waals surface area contributed by atoms with Crippen LogP contribution in [0, 0.1) is 0 Å². The molecule has 0 atom stereocenters. The maximum absolute atomic E-state index is 12.8. The molecule has 0 heterocycles. The van der Waals surface area contributed by atoms with Crippen molar-refractivity contribution in [3.05, 3.63) is 127 Å². The lowest BCUT2D eigenvalue weighted by molar-refractivity contribution is -0.150. The summed E-state index contributed by atoms with van der Waals surface area (Å²) in [4.78, 5) is 48.5. The van der Waals surface area contributed by atoms with Crippen LogP contribution in [0.25, 0.3) is 22.3 Å². The summed E-state index contributed by atoms with van der Waals surface area (Å²) in [5.41, 5.74) is 3.99. The summed E-state index contributed by atoms with van der Waals surface area (Å²) in [5, 5.41) is 0. The van der Waals surface area contributed by atoms with Gasteiger partial charge in [-0.1, -0.05) is 68.1 Å². The Morgan fingerprint density at radius 3 is 1.48 bits per heavy atom. The van der Waals surface area contributed by atoms with E-state index in [1.54, 1.807) is 24.3 Å². The van der Waals surface area contributed by atoms with Crippen LogP contribution in [0.3, 0.4) is 0 Å². The molecule has 244 valence electrons. The van der Waals surface area contributed by atoms with Crippen LogP contribution < -0.4 is 14.2 Å². The van der Waals surface area contributed by atoms with Crippen molar-refractivity contribution in [3.63, 3.8) is 0 Å². The number of esters is 4. The highest BCUT2D eigenvalue weighted by Gasteiger charge is 2.21. The van der Waals surface area contributed by atoms with Crippen LogP contribution in [-0.2, 0) is 19.1 Å². The average molecular weight is 649 g/mol. The fourth-order valence-electron chi connectivity index (χ4n) is 5.11. The summed E-state index contributed by atoms with van der Waals surface area (Å²) >= 11 is 0. The Bertz CT molecular complexity index is 1800. The topological polar surface area (TPSA) is 105 Å². The highest BCUT2D eigenvalue weighted by atomic mass is 19.1. The van der Waals surface area contributed by atoms with Crippen molar-refractivity contribution in [1.29, 1.82) is 0 Å². The van der Waals surface area contributed by atoms with E-state index in [0.29, 0.717) is 11.5 Å². The Kier molecular flexibility index (Phi) is 10.9. The van der Waals surface area contributed by atoms with Gasteiger partial charge in [-0.05, 0) is 96.5 Å². The Balaban J connectivity index is 1.11. The summed E-state index contributed by atoms with van der Waals surface area (Å²) in [6, 6.07) is 27.4. The molecule has 4 aromatic carbocycles. The van der Waals surface area contributed by atoms with E-state index < -0.39 is 29.7 Å². The van der Waals surface area contributed by atoms with Crippen LogP contribution >= 0.6 is 0 Å². The molecule has 0 aromatic heterocycles. The molecule has 1 aliphatic carbocycles. The molecule has 1 aliphatic rings. The molecule has 0 spiro atoms. The molecule has 5 rings (SSSR count). The molecule has 0 unspecified atom stereocenters. The van der Waals surface area contributed by atoms with Crippen LogP contribution in [0.4, 0.5) is 4.39 Å². The molecular weight excluding hydrogens is 615 g/mol. The number of ether oxygens (including phenoxy) is 4. The van der Waals surface area contributed by atoms with Gasteiger partial charge in [-0.25, -0.2) is 14.4 Å². The maximum Gasteiger partial charge on any atom is 0.371 e. The van der Waals surface area contributed by atoms with Crippen LogP contribution in [0.2, 0.25) is 0 Å². The first-order chi connectivity index (χ1) is 23.1. The monoisotopic (exact) mass is 648 g/mol. The quantitative estimate of drug-likeness (QED) is 0.0908. The van der Waals surface area contributed by atoms with Gasteiger partial charge in [0.05, 0.1) is 12.0 Å². The third kappa shape index (κ3) is 9.13. The number of hydrogen-bond donors (Lipinski definition) is 0.